The van der Waals surface area contributed by atoms with Crippen LogP contribution in [0.5, 0.6) is 0 Å². The number of nitrogens with one attached hydrogen (secondary N) is 2. The van der Waals surface area contributed by atoms with Crippen LogP contribution in [0, 0.1) is 0 Å². The molecule has 2 aromatic rings. The van der Waals surface area contributed by atoms with Crippen molar-refractivity contribution in [1.82, 2.24) is 9.97 Å². The minimum atomic E-state index is -0.250. The fraction of sp³-hybridized carbons (Fsp3) is 0.389. The second kappa shape index (κ2) is 8.29. The summed E-state index contributed by atoms with van der Waals surface area (Å²) in [6, 6.07) is 9.71. The van der Waals surface area contributed by atoms with E-state index in [0.717, 1.165) is 24.5 Å². The van der Waals surface area contributed by atoms with Crippen LogP contribution in [0.2, 0.25) is 0 Å². The molecule has 0 atom stereocenters. The van der Waals surface area contributed by atoms with E-state index < -0.39 is 0 Å². The number of aromatic nitrogens is 2. The molecule has 1 aromatic heterocycles. The van der Waals surface area contributed by atoms with Gasteiger partial charge in [0.25, 0.3) is 5.91 Å². The van der Waals surface area contributed by atoms with Gasteiger partial charge in [-0.25, -0.2) is 9.97 Å². The Bertz CT molecular complexity index is 665. The lowest BCUT2D eigenvalue weighted by atomic mass is 10.2. The van der Waals surface area contributed by atoms with Crippen LogP contribution in [-0.2, 0) is 0 Å². The van der Waals surface area contributed by atoms with Crippen molar-refractivity contribution in [2.75, 3.05) is 28.6 Å². The maximum Gasteiger partial charge on any atom is 0.274 e. The maximum absolute atomic E-state index is 12.3. The van der Waals surface area contributed by atoms with E-state index in [-0.39, 0.29) is 11.9 Å². The molecule has 24 heavy (non-hydrogen) atoms. The Morgan fingerprint density at radius 2 is 1.79 bits per heavy atom. The van der Waals surface area contributed by atoms with Crippen molar-refractivity contribution in [2.45, 2.75) is 33.7 Å². The summed E-state index contributed by atoms with van der Waals surface area (Å²) in [5, 5.41) is 6.03. The van der Waals surface area contributed by atoms with Crippen LogP contribution in [0.4, 0.5) is 17.2 Å². The lowest BCUT2D eigenvalue weighted by Crippen LogP contribution is -2.21. The highest BCUT2D eigenvalue weighted by Gasteiger charge is 2.10. The zero-order valence-corrected chi connectivity index (χ0v) is 14.7. The Hall–Kier alpha value is -2.63. The smallest absolute Gasteiger partial charge is 0.274 e. The number of carbonyl (C=O) groups is 1. The quantitative estimate of drug-likeness (QED) is 0.815. The second-order valence-electron chi connectivity index (χ2n) is 5.76. The molecule has 1 aromatic carbocycles. The van der Waals surface area contributed by atoms with E-state index in [1.165, 1.54) is 6.33 Å². The van der Waals surface area contributed by atoms with E-state index in [4.69, 9.17) is 0 Å². The summed E-state index contributed by atoms with van der Waals surface area (Å²) in [5.74, 6) is 0.391. The number of anilines is 3. The molecule has 1 heterocycles. The molecule has 0 aliphatic heterocycles. The molecule has 0 saturated heterocycles. The van der Waals surface area contributed by atoms with Gasteiger partial charge in [-0.1, -0.05) is 0 Å². The van der Waals surface area contributed by atoms with Crippen molar-refractivity contribution < 1.29 is 4.79 Å². The predicted octanol–water partition coefficient (Wildman–Crippen LogP) is 3.40. The standard InChI is InChI=1S/C18H25N5O/c1-5-23(6-2)15-9-7-14(8-10-15)22-18(24)16-11-17(20-12-19-16)21-13(3)4/h7-13H,5-6H2,1-4H3,(H,22,24)(H,19,20,21). The zero-order chi connectivity index (χ0) is 17.5. The summed E-state index contributed by atoms with van der Waals surface area (Å²) in [7, 11) is 0. The fourth-order valence-electron chi connectivity index (χ4n) is 2.40. The van der Waals surface area contributed by atoms with Gasteiger partial charge in [-0.3, -0.25) is 4.79 Å². The largest absolute Gasteiger partial charge is 0.372 e. The van der Waals surface area contributed by atoms with Gasteiger partial charge in [0.2, 0.25) is 0 Å². The molecular formula is C18H25N5O. The third kappa shape index (κ3) is 4.68. The van der Waals surface area contributed by atoms with Gasteiger partial charge >= 0.3 is 0 Å². The lowest BCUT2D eigenvalue weighted by molar-refractivity contribution is 0.102. The highest BCUT2D eigenvalue weighted by molar-refractivity contribution is 6.03. The molecular weight excluding hydrogens is 302 g/mol. The van der Waals surface area contributed by atoms with Crippen molar-refractivity contribution in [3.8, 4) is 0 Å². The molecule has 0 saturated carbocycles. The molecule has 0 unspecified atom stereocenters. The van der Waals surface area contributed by atoms with Crippen LogP contribution < -0.4 is 15.5 Å². The molecule has 1 amide bonds. The van der Waals surface area contributed by atoms with E-state index in [1.807, 2.05) is 38.1 Å². The van der Waals surface area contributed by atoms with Crippen molar-refractivity contribution in [3.63, 3.8) is 0 Å². The van der Waals surface area contributed by atoms with Gasteiger partial charge in [0.05, 0.1) is 0 Å². The minimum Gasteiger partial charge on any atom is -0.372 e. The van der Waals surface area contributed by atoms with Crippen molar-refractivity contribution in [3.05, 3.63) is 42.4 Å². The van der Waals surface area contributed by atoms with Crippen molar-refractivity contribution in [1.29, 1.82) is 0 Å². The second-order valence-corrected chi connectivity index (χ2v) is 5.76. The van der Waals surface area contributed by atoms with E-state index in [0.29, 0.717) is 11.5 Å². The summed E-state index contributed by atoms with van der Waals surface area (Å²) in [5.41, 5.74) is 2.22. The number of benzene rings is 1. The molecule has 2 rings (SSSR count). The van der Waals surface area contributed by atoms with Crippen LogP contribution in [0.1, 0.15) is 38.2 Å². The number of amides is 1. The van der Waals surface area contributed by atoms with Crippen LogP contribution in [-0.4, -0.2) is 35.0 Å². The zero-order valence-electron chi connectivity index (χ0n) is 14.7. The Labute approximate surface area is 143 Å². The molecule has 0 fully saturated rings. The van der Waals surface area contributed by atoms with Gasteiger partial charge < -0.3 is 15.5 Å². The van der Waals surface area contributed by atoms with Crippen molar-refractivity contribution in [2.24, 2.45) is 0 Å². The third-order valence-electron chi connectivity index (χ3n) is 3.59. The first kappa shape index (κ1) is 17.7. The first-order valence-corrected chi connectivity index (χ1v) is 8.28. The average molecular weight is 327 g/mol. The Morgan fingerprint density at radius 3 is 2.38 bits per heavy atom. The third-order valence-corrected chi connectivity index (χ3v) is 3.59. The van der Waals surface area contributed by atoms with Gasteiger partial charge in [-0.05, 0) is 52.0 Å². The molecule has 0 bridgehead atoms. The van der Waals surface area contributed by atoms with E-state index in [9.17, 15) is 4.79 Å². The summed E-state index contributed by atoms with van der Waals surface area (Å²) in [4.78, 5) is 22.7. The normalized spacial score (nSPS) is 10.5. The van der Waals surface area contributed by atoms with Gasteiger partial charge in [-0.15, -0.1) is 0 Å². The number of hydrogen-bond donors (Lipinski definition) is 2. The number of hydrogen-bond acceptors (Lipinski definition) is 5. The molecule has 2 N–H and O–H groups in total. The summed E-state index contributed by atoms with van der Waals surface area (Å²) < 4.78 is 0. The molecule has 0 aliphatic rings. The number of rotatable bonds is 7. The molecule has 6 heteroatoms. The van der Waals surface area contributed by atoms with Crippen LogP contribution in [0.25, 0.3) is 0 Å². The molecule has 0 radical (unpaired) electrons. The van der Waals surface area contributed by atoms with Gasteiger partial charge in [-0.2, -0.15) is 0 Å². The Kier molecular flexibility index (Phi) is 6.12. The number of carbonyl (C=O) groups excluding carboxylic acids is 1. The van der Waals surface area contributed by atoms with Gasteiger partial charge in [0, 0.05) is 36.6 Å². The Balaban J connectivity index is 2.06. The van der Waals surface area contributed by atoms with Crippen LogP contribution in [0.15, 0.2) is 36.7 Å². The van der Waals surface area contributed by atoms with E-state index >= 15 is 0 Å². The SMILES string of the molecule is CCN(CC)c1ccc(NC(=O)c2cc(NC(C)C)ncn2)cc1. The summed E-state index contributed by atoms with van der Waals surface area (Å²) in [6.07, 6.45) is 1.39. The van der Waals surface area contributed by atoms with Crippen LogP contribution >= 0.6 is 0 Å². The summed E-state index contributed by atoms with van der Waals surface area (Å²) >= 11 is 0. The van der Waals surface area contributed by atoms with Gasteiger partial charge in [0.1, 0.15) is 17.8 Å². The Morgan fingerprint density at radius 1 is 1.12 bits per heavy atom. The van der Waals surface area contributed by atoms with Gasteiger partial charge in [0.15, 0.2) is 0 Å². The molecule has 0 spiro atoms. The van der Waals surface area contributed by atoms with E-state index in [1.54, 1.807) is 6.07 Å². The number of nitrogens with zero attached hydrogens (tertiary/aromatic N) is 3. The highest BCUT2D eigenvalue weighted by Crippen LogP contribution is 2.18. The average Bonchev–Trinajstić information content (AvgIpc) is 2.57. The highest BCUT2D eigenvalue weighted by atomic mass is 16.1. The van der Waals surface area contributed by atoms with E-state index in [2.05, 4.69) is 39.3 Å². The lowest BCUT2D eigenvalue weighted by Gasteiger charge is -2.21. The van der Waals surface area contributed by atoms with Crippen molar-refractivity contribution >= 4 is 23.1 Å². The predicted molar refractivity (Wildman–Crippen MR) is 98.7 cm³/mol. The molecule has 6 nitrogen and oxygen atoms in total. The summed E-state index contributed by atoms with van der Waals surface area (Å²) in [6.45, 7) is 10.2. The minimum absolute atomic E-state index is 0.239. The fourth-order valence-corrected chi connectivity index (χ4v) is 2.40. The maximum atomic E-state index is 12.3. The topological polar surface area (TPSA) is 70.2 Å². The van der Waals surface area contributed by atoms with Crippen LogP contribution in [0.3, 0.4) is 0 Å². The molecule has 128 valence electrons. The molecule has 0 aliphatic carbocycles. The first-order valence-electron chi connectivity index (χ1n) is 8.28. The monoisotopic (exact) mass is 327 g/mol. The first-order chi connectivity index (χ1) is 11.5.